The van der Waals surface area contributed by atoms with Gasteiger partial charge in [0.2, 0.25) is 0 Å². The van der Waals surface area contributed by atoms with E-state index in [4.69, 9.17) is 0 Å². The normalized spacial score (nSPS) is 13.6. The summed E-state index contributed by atoms with van der Waals surface area (Å²) in [5.74, 6) is -0.384. The molecule has 1 aliphatic rings. The second-order valence-electron chi connectivity index (χ2n) is 6.88. The molecule has 8 heteroatoms. The van der Waals surface area contributed by atoms with Crippen LogP contribution in [0.25, 0.3) is 0 Å². The zero-order chi connectivity index (χ0) is 21.1. The number of aryl methyl sites for hydroxylation is 1. The molecule has 0 spiro atoms. The Morgan fingerprint density at radius 2 is 1.93 bits per heavy atom. The summed E-state index contributed by atoms with van der Waals surface area (Å²) in [6.07, 6.45) is 5.12. The van der Waals surface area contributed by atoms with Crippen LogP contribution in [-0.4, -0.2) is 32.1 Å². The zero-order valence-electron chi connectivity index (χ0n) is 16.4. The zero-order valence-corrected chi connectivity index (χ0v) is 18.0. The lowest BCUT2D eigenvalue weighted by atomic mass is 10.0. The number of pyridine rings is 1. The quantitative estimate of drug-likeness (QED) is 0.603. The van der Waals surface area contributed by atoms with Crippen molar-refractivity contribution in [3.8, 4) is 0 Å². The maximum atomic E-state index is 13.3. The predicted molar refractivity (Wildman–Crippen MR) is 120 cm³/mol. The lowest BCUT2D eigenvalue weighted by molar-refractivity contribution is 0.102. The van der Waals surface area contributed by atoms with Gasteiger partial charge in [-0.25, -0.2) is 13.4 Å². The molecule has 3 aromatic rings. The van der Waals surface area contributed by atoms with Crippen molar-refractivity contribution in [3.05, 3.63) is 78.0 Å². The summed E-state index contributed by atoms with van der Waals surface area (Å²) in [6, 6.07) is 17.3. The fourth-order valence-electron chi connectivity index (χ4n) is 3.45. The third kappa shape index (κ3) is 4.06. The van der Waals surface area contributed by atoms with Gasteiger partial charge in [0.05, 0.1) is 27.5 Å². The fourth-order valence-corrected chi connectivity index (χ4v) is 5.40. The van der Waals surface area contributed by atoms with Crippen LogP contribution >= 0.6 is 11.8 Å². The number of nitrogens with one attached hydrogen (secondary N) is 1. The lowest BCUT2D eigenvalue weighted by Gasteiger charge is -2.30. The molecule has 1 amide bonds. The molecule has 30 heavy (non-hydrogen) atoms. The molecular formula is C22H21N3O3S2. The van der Waals surface area contributed by atoms with Crippen LogP contribution in [0.1, 0.15) is 22.3 Å². The number of nitrogens with zero attached hydrogens (tertiary/aromatic N) is 2. The fraction of sp³-hybridized carbons (Fsp3) is 0.182. The molecule has 0 aliphatic carbocycles. The molecule has 2 heterocycles. The van der Waals surface area contributed by atoms with E-state index in [1.54, 1.807) is 24.4 Å². The molecule has 4 rings (SSSR count). The van der Waals surface area contributed by atoms with E-state index >= 15 is 0 Å². The van der Waals surface area contributed by atoms with Crippen LogP contribution in [0.4, 0.5) is 11.4 Å². The maximum absolute atomic E-state index is 13.3. The lowest BCUT2D eigenvalue weighted by Crippen LogP contribution is -2.35. The van der Waals surface area contributed by atoms with Gasteiger partial charge in [-0.15, -0.1) is 11.8 Å². The van der Waals surface area contributed by atoms with E-state index in [0.29, 0.717) is 17.9 Å². The number of para-hydroxylation sites is 1. The molecule has 0 saturated carbocycles. The Morgan fingerprint density at radius 1 is 1.10 bits per heavy atom. The largest absolute Gasteiger partial charge is 0.321 e. The minimum atomic E-state index is -3.78. The Morgan fingerprint density at radius 3 is 2.70 bits per heavy atom. The summed E-state index contributed by atoms with van der Waals surface area (Å²) >= 11 is 1.51. The average Bonchev–Trinajstić information content (AvgIpc) is 2.79. The highest BCUT2D eigenvalue weighted by Gasteiger charge is 2.29. The topological polar surface area (TPSA) is 79.4 Å². The number of amides is 1. The number of sulfonamides is 1. The molecule has 2 aromatic carbocycles. The molecular weight excluding hydrogens is 418 g/mol. The van der Waals surface area contributed by atoms with Crippen molar-refractivity contribution >= 4 is 39.1 Å². The molecule has 1 aliphatic heterocycles. The van der Waals surface area contributed by atoms with Crippen LogP contribution in [0.2, 0.25) is 0 Å². The monoisotopic (exact) mass is 439 g/mol. The van der Waals surface area contributed by atoms with E-state index in [1.165, 1.54) is 28.2 Å². The summed E-state index contributed by atoms with van der Waals surface area (Å²) in [4.78, 5) is 17.0. The van der Waals surface area contributed by atoms with E-state index in [2.05, 4.69) is 10.3 Å². The Labute approximate surface area is 180 Å². The van der Waals surface area contributed by atoms with E-state index in [1.807, 2.05) is 36.6 Å². The summed E-state index contributed by atoms with van der Waals surface area (Å²) in [6.45, 7) is 0.420. The molecule has 0 unspecified atom stereocenters. The van der Waals surface area contributed by atoms with Gasteiger partial charge in [-0.3, -0.25) is 9.10 Å². The highest BCUT2D eigenvalue weighted by molar-refractivity contribution is 7.98. The third-order valence-corrected chi connectivity index (χ3v) is 7.42. The van der Waals surface area contributed by atoms with Gasteiger partial charge in [0, 0.05) is 12.1 Å². The van der Waals surface area contributed by atoms with Crippen molar-refractivity contribution in [1.82, 2.24) is 4.98 Å². The van der Waals surface area contributed by atoms with Gasteiger partial charge in [0.1, 0.15) is 0 Å². The van der Waals surface area contributed by atoms with Crippen LogP contribution in [0.5, 0.6) is 0 Å². The van der Waals surface area contributed by atoms with Gasteiger partial charge >= 0.3 is 0 Å². The summed E-state index contributed by atoms with van der Waals surface area (Å²) in [7, 11) is -3.78. The standard InChI is InChI=1S/C22H21N3O3S2/c1-29-21-12-11-18(15-23-21)24-22(26)17-7-4-9-19(14-17)30(27,28)25-13-5-8-16-6-2-3-10-20(16)25/h2-4,6-7,9-12,14-15H,5,8,13H2,1H3,(H,24,26). The predicted octanol–water partition coefficient (Wildman–Crippen LogP) is 4.20. The first-order valence-electron chi connectivity index (χ1n) is 9.51. The highest BCUT2D eigenvalue weighted by Crippen LogP contribution is 2.32. The number of hydrogen-bond acceptors (Lipinski definition) is 5. The van der Waals surface area contributed by atoms with Gasteiger partial charge in [-0.2, -0.15) is 0 Å². The van der Waals surface area contributed by atoms with E-state index in [0.717, 1.165) is 23.4 Å². The SMILES string of the molecule is CSc1ccc(NC(=O)c2cccc(S(=O)(=O)N3CCCc4ccccc43)c2)cn1. The van der Waals surface area contributed by atoms with Crippen molar-refractivity contribution in [2.75, 3.05) is 22.4 Å². The Balaban J connectivity index is 1.60. The van der Waals surface area contributed by atoms with Crippen LogP contribution in [0, 0.1) is 0 Å². The van der Waals surface area contributed by atoms with E-state index in [9.17, 15) is 13.2 Å². The minimum absolute atomic E-state index is 0.0997. The molecule has 0 atom stereocenters. The number of aromatic nitrogens is 1. The van der Waals surface area contributed by atoms with Crippen LogP contribution < -0.4 is 9.62 Å². The molecule has 0 saturated heterocycles. The van der Waals surface area contributed by atoms with Gasteiger partial charge in [0.25, 0.3) is 15.9 Å². The number of benzene rings is 2. The first kappa shape index (κ1) is 20.4. The average molecular weight is 440 g/mol. The molecule has 0 fully saturated rings. The van der Waals surface area contributed by atoms with Gasteiger partial charge in [-0.1, -0.05) is 24.3 Å². The highest BCUT2D eigenvalue weighted by atomic mass is 32.2. The number of carbonyl (C=O) groups is 1. The second kappa shape index (κ2) is 8.49. The first-order chi connectivity index (χ1) is 14.5. The number of hydrogen-bond donors (Lipinski definition) is 1. The Bertz CT molecular complexity index is 1180. The summed E-state index contributed by atoms with van der Waals surface area (Å²) in [5, 5.41) is 3.61. The van der Waals surface area contributed by atoms with Gasteiger partial charge < -0.3 is 5.32 Å². The molecule has 6 nitrogen and oxygen atoms in total. The Hall–Kier alpha value is -2.84. The van der Waals surface area contributed by atoms with E-state index < -0.39 is 10.0 Å². The third-order valence-electron chi connectivity index (χ3n) is 4.96. The van der Waals surface area contributed by atoms with Crippen molar-refractivity contribution < 1.29 is 13.2 Å². The second-order valence-corrected chi connectivity index (χ2v) is 9.57. The summed E-state index contributed by atoms with van der Waals surface area (Å²) < 4.78 is 28.1. The molecule has 0 radical (unpaired) electrons. The van der Waals surface area contributed by atoms with Crippen LogP contribution in [0.3, 0.4) is 0 Å². The van der Waals surface area contributed by atoms with Crippen molar-refractivity contribution in [3.63, 3.8) is 0 Å². The Kier molecular flexibility index (Phi) is 5.78. The van der Waals surface area contributed by atoms with E-state index in [-0.39, 0.29) is 16.4 Å². The van der Waals surface area contributed by atoms with Crippen molar-refractivity contribution in [2.24, 2.45) is 0 Å². The molecule has 154 valence electrons. The van der Waals surface area contributed by atoms with Crippen molar-refractivity contribution in [1.29, 1.82) is 0 Å². The van der Waals surface area contributed by atoms with Gasteiger partial charge in [0.15, 0.2) is 0 Å². The number of anilines is 2. The minimum Gasteiger partial charge on any atom is -0.321 e. The number of rotatable bonds is 5. The smallest absolute Gasteiger partial charge is 0.264 e. The first-order valence-corrected chi connectivity index (χ1v) is 12.2. The van der Waals surface area contributed by atoms with Crippen molar-refractivity contribution in [2.45, 2.75) is 22.8 Å². The number of fused-ring (bicyclic) bond motifs is 1. The summed E-state index contributed by atoms with van der Waals surface area (Å²) in [5.41, 5.74) is 2.55. The molecule has 1 N–H and O–H groups in total. The molecule has 1 aromatic heterocycles. The van der Waals surface area contributed by atoms with Gasteiger partial charge in [-0.05, 0) is 61.1 Å². The molecule has 0 bridgehead atoms. The van der Waals surface area contributed by atoms with Crippen LogP contribution in [-0.2, 0) is 16.4 Å². The maximum Gasteiger partial charge on any atom is 0.264 e. The number of carbonyl (C=O) groups excluding carboxylic acids is 1. The number of thioether (sulfide) groups is 1. The van der Waals surface area contributed by atoms with Crippen LogP contribution in [0.15, 0.2) is 76.8 Å².